The second kappa shape index (κ2) is 14.5. The van der Waals surface area contributed by atoms with Crippen LogP contribution in [0.15, 0.2) is 125 Å². The third-order valence-electron chi connectivity index (χ3n) is 9.05. The lowest BCUT2D eigenvalue weighted by Gasteiger charge is -2.45. The van der Waals surface area contributed by atoms with Gasteiger partial charge in [0, 0.05) is 18.3 Å². The Morgan fingerprint density at radius 1 is 0.820 bits per heavy atom. The molecule has 1 saturated heterocycles. The fraction of sp³-hybridized carbons (Fsp3) is 0.243. The average Bonchev–Trinajstić information content (AvgIpc) is 3.43. The summed E-state index contributed by atoms with van der Waals surface area (Å²) < 4.78 is 25.1. The van der Waals surface area contributed by atoms with Crippen molar-refractivity contribution in [2.45, 2.75) is 42.7 Å². The molecule has 0 bridgehead atoms. The van der Waals surface area contributed by atoms with E-state index in [-0.39, 0.29) is 17.9 Å². The first-order valence-corrected chi connectivity index (χ1v) is 15.7. The Balaban J connectivity index is 1.62. The lowest BCUT2D eigenvalue weighted by molar-refractivity contribution is -0.386. The Morgan fingerprint density at radius 2 is 1.38 bits per heavy atom. The Labute approximate surface area is 286 Å². The minimum absolute atomic E-state index is 0.170. The highest BCUT2D eigenvalue weighted by molar-refractivity contribution is 5.54. The van der Waals surface area contributed by atoms with Gasteiger partial charge in [0.25, 0.3) is 11.2 Å². The van der Waals surface area contributed by atoms with Crippen molar-refractivity contribution in [2.75, 3.05) is 14.2 Å². The van der Waals surface area contributed by atoms with Crippen LogP contribution in [0.4, 0.5) is 5.69 Å². The number of aliphatic hydroxyl groups excluding tert-OH is 2. The van der Waals surface area contributed by atoms with Crippen LogP contribution in [0, 0.1) is 10.1 Å². The zero-order valence-electron chi connectivity index (χ0n) is 27.1. The molecule has 13 nitrogen and oxygen atoms in total. The molecule has 4 aromatic carbocycles. The summed E-state index contributed by atoms with van der Waals surface area (Å²) in [7, 11) is 3.09. The van der Waals surface area contributed by atoms with Crippen molar-refractivity contribution in [3.8, 4) is 11.5 Å². The molecule has 5 aromatic rings. The average molecular weight is 682 g/mol. The lowest BCUT2D eigenvalue weighted by Crippen LogP contribution is -2.53. The van der Waals surface area contributed by atoms with Crippen LogP contribution >= 0.6 is 0 Å². The molecule has 50 heavy (non-hydrogen) atoms. The van der Waals surface area contributed by atoms with E-state index < -0.39 is 52.2 Å². The van der Waals surface area contributed by atoms with Crippen LogP contribution in [-0.2, 0) is 21.5 Å². The van der Waals surface area contributed by atoms with Gasteiger partial charge in [-0.25, -0.2) is 4.79 Å². The van der Waals surface area contributed by atoms with Crippen molar-refractivity contribution >= 4 is 5.69 Å². The molecule has 1 aliphatic rings. The quantitative estimate of drug-likeness (QED) is 0.100. The van der Waals surface area contributed by atoms with E-state index in [4.69, 9.17) is 18.9 Å². The van der Waals surface area contributed by atoms with E-state index in [0.717, 1.165) is 10.6 Å². The molecule has 5 atom stereocenters. The van der Waals surface area contributed by atoms with Gasteiger partial charge in [-0.05, 0) is 47.0 Å². The molecule has 0 spiro atoms. The Kier molecular flexibility index (Phi) is 9.93. The Hall–Kier alpha value is -5.60. The number of nitro benzene ring substituents is 1. The molecule has 258 valence electrons. The number of H-pyrrole nitrogens is 1. The second-order valence-corrected chi connectivity index (χ2v) is 11.7. The fourth-order valence-electron chi connectivity index (χ4n) is 6.65. The summed E-state index contributed by atoms with van der Waals surface area (Å²) in [5.41, 5.74) is -0.742. The molecular weight excluding hydrogens is 646 g/mol. The van der Waals surface area contributed by atoms with Crippen molar-refractivity contribution in [3.63, 3.8) is 0 Å². The maximum absolute atomic E-state index is 12.9. The SMILES string of the molecule is COc1ccc(C(c2ccccc2)(c2ccc(OC)cc2)C(OCc2ccccc2[N+](=O)[O-])[C@H]2O[C@@H](n3ccc(=O)[nH]c3=O)[C@H](O)[C@@H]2O)cc1. The van der Waals surface area contributed by atoms with Crippen molar-refractivity contribution in [1.82, 2.24) is 9.55 Å². The summed E-state index contributed by atoms with van der Waals surface area (Å²) in [5.74, 6) is 1.15. The Bertz CT molecular complexity index is 2000. The largest absolute Gasteiger partial charge is 0.497 e. The summed E-state index contributed by atoms with van der Waals surface area (Å²) in [4.78, 5) is 38.4. The first-order chi connectivity index (χ1) is 24.2. The van der Waals surface area contributed by atoms with Crippen LogP contribution in [0.25, 0.3) is 0 Å². The number of hydrogen-bond donors (Lipinski definition) is 3. The predicted molar refractivity (Wildman–Crippen MR) is 181 cm³/mol. The number of aromatic amines is 1. The molecule has 0 aliphatic carbocycles. The zero-order chi connectivity index (χ0) is 35.4. The highest BCUT2D eigenvalue weighted by Crippen LogP contribution is 2.49. The maximum atomic E-state index is 12.9. The number of para-hydroxylation sites is 1. The number of hydrogen-bond acceptors (Lipinski definition) is 10. The van der Waals surface area contributed by atoms with Crippen molar-refractivity contribution in [1.29, 1.82) is 0 Å². The van der Waals surface area contributed by atoms with Gasteiger partial charge in [0.2, 0.25) is 0 Å². The zero-order valence-corrected chi connectivity index (χ0v) is 27.1. The molecule has 3 N–H and O–H groups in total. The first-order valence-electron chi connectivity index (χ1n) is 15.7. The number of aromatic nitrogens is 2. The highest BCUT2D eigenvalue weighted by atomic mass is 16.6. The molecule has 13 heteroatoms. The molecule has 0 amide bonds. The normalized spacial score (nSPS) is 19.5. The van der Waals surface area contributed by atoms with Gasteiger partial charge in [-0.2, -0.15) is 0 Å². The van der Waals surface area contributed by atoms with Gasteiger partial charge in [-0.3, -0.25) is 24.5 Å². The van der Waals surface area contributed by atoms with E-state index in [2.05, 4.69) is 4.98 Å². The number of aliphatic hydroxyl groups is 2. The first kappa shape index (κ1) is 34.3. The smallest absolute Gasteiger partial charge is 0.330 e. The number of ether oxygens (including phenoxy) is 4. The van der Waals surface area contributed by atoms with Crippen LogP contribution in [0.2, 0.25) is 0 Å². The standard InChI is InChI=1S/C37H35N3O10/c1-47-27-16-12-25(13-17-27)37(24-9-4-3-5-10-24,26-14-18-28(48-2)19-15-26)34(49-22-23-8-6-7-11-29(23)40(45)46)33-31(42)32(43)35(50-33)39-21-20-30(41)38-36(39)44/h3-21,31-35,42-43H,22H2,1-2H3,(H,38,41,44)/t31-,32+,33-,34?,35+/m0/s1. The number of nitrogens with one attached hydrogen (secondary N) is 1. The minimum Gasteiger partial charge on any atom is -0.497 e. The molecule has 1 aromatic heterocycles. The van der Waals surface area contributed by atoms with Gasteiger partial charge >= 0.3 is 5.69 Å². The van der Waals surface area contributed by atoms with Gasteiger partial charge in [0.1, 0.15) is 35.9 Å². The summed E-state index contributed by atoms with van der Waals surface area (Å²) in [5, 5.41) is 35.3. The highest BCUT2D eigenvalue weighted by Gasteiger charge is 2.56. The Morgan fingerprint density at radius 3 is 1.94 bits per heavy atom. The topological polar surface area (TPSA) is 175 Å². The molecular formula is C37H35N3O10. The molecule has 2 heterocycles. The minimum atomic E-state index is -1.65. The lowest BCUT2D eigenvalue weighted by atomic mass is 9.64. The third-order valence-corrected chi connectivity index (χ3v) is 9.05. The van der Waals surface area contributed by atoms with Crippen molar-refractivity contribution in [3.05, 3.63) is 169 Å². The number of nitrogens with zero attached hydrogens (tertiary/aromatic N) is 2. The van der Waals surface area contributed by atoms with Gasteiger partial charge in [-0.15, -0.1) is 0 Å². The number of nitro groups is 1. The van der Waals surface area contributed by atoms with E-state index in [1.165, 1.54) is 12.3 Å². The van der Waals surface area contributed by atoms with E-state index in [1.807, 2.05) is 54.6 Å². The third kappa shape index (κ3) is 6.30. The molecule has 0 saturated carbocycles. The predicted octanol–water partition coefficient (Wildman–Crippen LogP) is 3.70. The van der Waals surface area contributed by atoms with E-state index in [1.54, 1.807) is 56.7 Å². The van der Waals surface area contributed by atoms with Crippen LogP contribution in [0.3, 0.4) is 0 Å². The summed E-state index contributed by atoms with van der Waals surface area (Å²) in [6.07, 6.45) is -6.16. The van der Waals surface area contributed by atoms with Crippen LogP contribution in [0.5, 0.6) is 11.5 Å². The van der Waals surface area contributed by atoms with Crippen LogP contribution < -0.4 is 20.7 Å². The number of methoxy groups -OCH3 is 2. The molecule has 1 aliphatic heterocycles. The van der Waals surface area contributed by atoms with Gasteiger partial charge in [-0.1, -0.05) is 66.7 Å². The van der Waals surface area contributed by atoms with E-state index in [9.17, 15) is 29.9 Å². The van der Waals surface area contributed by atoms with Crippen LogP contribution in [-0.4, -0.2) is 63.3 Å². The fourth-order valence-corrected chi connectivity index (χ4v) is 6.65. The maximum Gasteiger partial charge on any atom is 0.330 e. The van der Waals surface area contributed by atoms with Gasteiger partial charge in [0.05, 0.1) is 36.7 Å². The molecule has 1 fully saturated rings. The second-order valence-electron chi connectivity index (χ2n) is 11.7. The molecule has 1 unspecified atom stereocenters. The van der Waals surface area contributed by atoms with Gasteiger partial charge in [0.15, 0.2) is 6.23 Å². The molecule has 0 radical (unpaired) electrons. The van der Waals surface area contributed by atoms with Crippen molar-refractivity contribution < 1.29 is 34.1 Å². The summed E-state index contributed by atoms with van der Waals surface area (Å²) in [6, 6.07) is 31.1. The number of rotatable bonds is 12. The van der Waals surface area contributed by atoms with Crippen molar-refractivity contribution in [2.24, 2.45) is 0 Å². The van der Waals surface area contributed by atoms with E-state index in [0.29, 0.717) is 28.2 Å². The van der Waals surface area contributed by atoms with E-state index >= 15 is 0 Å². The van der Waals surface area contributed by atoms with Crippen LogP contribution in [0.1, 0.15) is 28.5 Å². The summed E-state index contributed by atoms with van der Waals surface area (Å²) in [6.45, 7) is -0.297. The monoisotopic (exact) mass is 681 g/mol. The molecule has 6 rings (SSSR count). The summed E-state index contributed by atoms with van der Waals surface area (Å²) >= 11 is 0. The van der Waals surface area contributed by atoms with Gasteiger partial charge < -0.3 is 29.2 Å². The number of benzene rings is 4.